The predicted molar refractivity (Wildman–Crippen MR) is 76.3 cm³/mol. The Morgan fingerprint density at radius 1 is 1.30 bits per heavy atom. The largest absolute Gasteiger partial charge is 0.384 e. The summed E-state index contributed by atoms with van der Waals surface area (Å²) in [6.07, 6.45) is 2.02. The number of nitrogens with one attached hydrogen (secondary N) is 1. The Kier molecular flexibility index (Phi) is 5.60. The molecule has 0 radical (unpaired) electrons. The van der Waals surface area contributed by atoms with Gasteiger partial charge in [0.25, 0.3) is 5.91 Å². The van der Waals surface area contributed by atoms with Gasteiger partial charge in [0.2, 0.25) is 0 Å². The van der Waals surface area contributed by atoms with E-state index in [2.05, 4.69) is 17.2 Å². The number of aliphatic hydroxyl groups is 1. The molecule has 0 unspecified atom stereocenters. The Bertz CT molecular complexity index is 493. The quantitative estimate of drug-likeness (QED) is 0.813. The van der Waals surface area contributed by atoms with Crippen molar-refractivity contribution < 1.29 is 14.6 Å². The van der Waals surface area contributed by atoms with Crippen molar-refractivity contribution in [3.8, 4) is 11.8 Å². The number of amides is 1. The number of benzene rings is 1. The summed E-state index contributed by atoms with van der Waals surface area (Å²) in [5, 5.41) is 11.6. The van der Waals surface area contributed by atoms with Crippen LogP contribution in [0.25, 0.3) is 0 Å². The van der Waals surface area contributed by atoms with Crippen LogP contribution in [0.15, 0.2) is 24.3 Å². The van der Waals surface area contributed by atoms with Gasteiger partial charge in [0.05, 0.1) is 0 Å². The van der Waals surface area contributed by atoms with E-state index >= 15 is 0 Å². The molecule has 1 saturated heterocycles. The number of hydrogen-bond donors (Lipinski definition) is 2. The van der Waals surface area contributed by atoms with E-state index in [1.54, 1.807) is 24.3 Å². The van der Waals surface area contributed by atoms with Crippen molar-refractivity contribution in [2.24, 2.45) is 5.92 Å². The van der Waals surface area contributed by atoms with Gasteiger partial charge in [0, 0.05) is 30.9 Å². The zero-order valence-corrected chi connectivity index (χ0v) is 11.4. The van der Waals surface area contributed by atoms with Crippen LogP contribution in [0.2, 0.25) is 0 Å². The van der Waals surface area contributed by atoms with Gasteiger partial charge < -0.3 is 15.2 Å². The Hall–Kier alpha value is -1.83. The Morgan fingerprint density at radius 3 is 2.65 bits per heavy atom. The van der Waals surface area contributed by atoms with Gasteiger partial charge in [-0.1, -0.05) is 11.8 Å². The minimum Gasteiger partial charge on any atom is -0.384 e. The smallest absolute Gasteiger partial charge is 0.251 e. The van der Waals surface area contributed by atoms with Gasteiger partial charge in [0.1, 0.15) is 6.61 Å². The van der Waals surface area contributed by atoms with Crippen molar-refractivity contribution in [2.45, 2.75) is 12.8 Å². The van der Waals surface area contributed by atoms with Crippen LogP contribution in [0.1, 0.15) is 28.8 Å². The number of carbonyl (C=O) groups excluding carboxylic acids is 1. The maximum atomic E-state index is 12.0. The average Bonchev–Trinajstić information content (AvgIpc) is 2.52. The lowest BCUT2D eigenvalue weighted by molar-refractivity contribution is 0.0642. The zero-order chi connectivity index (χ0) is 14.2. The fourth-order valence-electron chi connectivity index (χ4n) is 2.14. The van der Waals surface area contributed by atoms with Crippen molar-refractivity contribution in [3.63, 3.8) is 0 Å². The van der Waals surface area contributed by atoms with Crippen LogP contribution in [0.4, 0.5) is 0 Å². The van der Waals surface area contributed by atoms with Crippen molar-refractivity contribution in [3.05, 3.63) is 35.4 Å². The molecule has 106 valence electrons. The van der Waals surface area contributed by atoms with Gasteiger partial charge in [-0.15, -0.1) is 0 Å². The third-order valence-corrected chi connectivity index (χ3v) is 3.35. The molecule has 1 aromatic rings. The number of aliphatic hydroxyl groups excluding tert-OH is 1. The number of carbonyl (C=O) groups is 1. The lowest BCUT2D eigenvalue weighted by Crippen LogP contribution is -2.32. The van der Waals surface area contributed by atoms with Gasteiger partial charge in [-0.2, -0.15) is 0 Å². The minimum atomic E-state index is -0.159. The molecular formula is C16H19NO3. The zero-order valence-electron chi connectivity index (χ0n) is 11.4. The van der Waals surface area contributed by atoms with Crippen LogP contribution in [0.5, 0.6) is 0 Å². The SMILES string of the molecule is O=C(NCC1CCOCC1)c1ccc(C#CCO)cc1. The maximum Gasteiger partial charge on any atom is 0.251 e. The van der Waals surface area contributed by atoms with Crippen LogP contribution in [-0.4, -0.2) is 37.4 Å². The number of rotatable bonds is 3. The molecule has 0 atom stereocenters. The highest BCUT2D eigenvalue weighted by Gasteiger charge is 2.15. The van der Waals surface area contributed by atoms with E-state index in [1.165, 1.54) is 0 Å². The first-order valence-corrected chi connectivity index (χ1v) is 6.85. The Labute approximate surface area is 119 Å². The maximum absolute atomic E-state index is 12.0. The van der Waals surface area contributed by atoms with Crippen LogP contribution in [-0.2, 0) is 4.74 Å². The summed E-state index contributed by atoms with van der Waals surface area (Å²) in [4.78, 5) is 12.0. The van der Waals surface area contributed by atoms with Crippen LogP contribution in [0, 0.1) is 17.8 Å². The number of ether oxygens (including phenoxy) is 1. The highest BCUT2D eigenvalue weighted by Crippen LogP contribution is 2.13. The second-order valence-electron chi connectivity index (χ2n) is 4.80. The molecule has 20 heavy (non-hydrogen) atoms. The van der Waals surface area contributed by atoms with Crippen LogP contribution in [0.3, 0.4) is 0 Å². The summed E-state index contributed by atoms with van der Waals surface area (Å²) in [6.45, 7) is 2.12. The summed E-state index contributed by atoms with van der Waals surface area (Å²) in [7, 11) is 0. The first kappa shape index (κ1) is 14.6. The standard InChI is InChI=1S/C16H19NO3/c18-9-1-2-13-3-5-15(6-4-13)16(19)17-12-14-7-10-20-11-8-14/h3-6,14,18H,7-12H2,(H,17,19). The lowest BCUT2D eigenvalue weighted by Gasteiger charge is -2.22. The lowest BCUT2D eigenvalue weighted by atomic mass is 10.0. The van der Waals surface area contributed by atoms with E-state index in [1.807, 2.05) is 0 Å². The summed E-state index contributed by atoms with van der Waals surface area (Å²) in [6, 6.07) is 7.07. The molecule has 2 rings (SSSR count). The summed E-state index contributed by atoms with van der Waals surface area (Å²) in [5.74, 6) is 5.83. The molecule has 1 aliphatic heterocycles. The third kappa shape index (κ3) is 4.37. The van der Waals surface area contributed by atoms with E-state index in [0.29, 0.717) is 18.0 Å². The van der Waals surface area contributed by atoms with Crippen molar-refractivity contribution in [2.75, 3.05) is 26.4 Å². The normalized spacial score (nSPS) is 15.2. The second-order valence-corrected chi connectivity index (χ2v) is 4.80. The first-order valence-electron chi connectivity index (χ1n) is 6.85. The molecule has 1 aromatic carbocycles. The topological polar surface area (TPSA) is 58.6 Å². The van der Waals surface area contributed by atoms with Gasteiger partial charge in [-0.3, -0.25) is 4.79 Å². The van der Waals surface area contributed by atoms with Gasteiger partial charge in [-0.25, -0.2) is 0 Å². The van der Waals surface area contributed by atoms with E-state index in [9.17, 15) is 4.79 Å². The molecule has 0 saturated carbocycles. The van der Waals surface area contributed by atoms with E-state index in [0.717, 1.165) is 31.6 Å². The first-order chi connectivity index (χ1) is 9.79. The molecule has 4 nitrogen and oxygen atoms in total. The second kappa shape index (κ2) is 7.68. The molecule has 4 heteroatoms. The third-order valence-electron chi connectivity index (χ3n) is 3.35. The van der Waals surface area contributed by atoms with Crippen LogP contribution >= 0.6 is 0 Å². The molecular weight excluding hydrogens is 254 g/mol. The van der Waals surface area contributed by atoms with Gasteiger partial charge in [-0.05, 0) is 43.0 Å². The predicted octanol–water partition coefficient (Wildman–Crippen LogP) is 1.19. The van der Waals surface area contributed by atoms with Gasteiger partial charge >= 0.3 is 0 Å². The van der Waals surface area contributed by atoms with Crippen molar-refractivity contribution in [1.29, 1.82) is 0 Å². The fourth-order valence-corrected chi connectivity index (χ4v) is 2.14. The Morgan fingerprint density at radius 2 is 2.00 bits per heavy atom. The van der Waals surface area contributed by atoms with Crippen molar-refractivity contribution in [1.82, 2.24) is 5.32 Å². The van der Waals surface area contributed by atoms with Crippen LogP contribution < -0.4 is 5.32 Å². The monoisotopic (exact) mass is 273 g/mol. The average molecular weight is 273 g/mol. The fraction of sp³-hybridized carbons (Fsp3) is 0.438. The van der Waals surface area contributed by atoms with E-state index < -0.39 is 0 Å². The molecule has 2 N–H and O–H groups in total. The highest BCUT2D eigenvalue weighted by molar-refractivity contribution is 5.94. The summed E-state index contributed by atoms with van der Waals surface area (Å²) < 4.78 is 5.29. The molecule has 1 aliphatic rings. The summed E-state index contributed by atoms with van der Waals surface area (Å²) >= 11 is 0. The van der Waals surface area contributed by atoms with Crippen molar-refractivity contribution >= 4 is 5.91 Å². The Balaban J connectivity index is 1.85. The summed E-state index contributed by atoms with van der Waals surface area (Å²) in [5.41, 5.74) is 1.42. The number of hydrogen-bond acceptors (Lipinski definition) is 3. The van der Waals surface area contributed by atoms with E-state index in [4.69, 9.17) is 9.84 Å². The molecule has 0 aromatic heterocycles. The van der Waals surface area contributed by atoms with E-state index in [-0.39, 0.29) is 12.5 Å². The van der Waals surface area contributed by atoms with Gasteiger partial charge in [0.15, 0.2) is 0 Å². The molecule has 1 amide bonds. The molecule has 1 heterocycles. The molecule has 0 aliphatic carbocycles. The molecule has 0 spiro atoms. The molecule has 0 bridgehead atoms. The molecule has 1 fully saturated rings. The highest BCUT2D eigenvalue weighted by atomic mass is 16.5. The minimum absolute atomic E-state index is 0.0573.